The van der Waals surface area contributed by atoms with Crippen LogP contribution < -0.4 is 9.47 Å². The number of carboxylic acids is 1. The van der Waals surface area contributed by atoms with Gasteiger partial charge in [0, 0.05) is 0 Å². The zero-order chi connectivity index (χ0) is 14.7. The summed E-state index contributed by atoms with van der Waals surface area (Å²) < 4.78 is 11.1. The third kappa shape index (κ3) is 2.91. The van der Waals surface area contributed by atoms with Crippen LogP contribution in [0, 0.1) is 13.8 Å². The van der Waals surface area contributed by atoms with Gasteiger partial charge < -0.3 is 14.6 Å². The minimum atomic E-state index is -0.981. The van der Waals surface area contributed by atoms with Gasteiger partial charge in [-0.3, -0.25) is 0 Å². The third-order valence-electron chi connectivity index (χ3n) is 2.97. The maximum atomic E-state index is 11.0. The van der Waals surface area contributed by atoms with Gasteiger partial charge in [0.1, 0.15) is 5.75 Å². The van der Waals surface area contributed by atoms with Gasteiger partial charge in [0.25, 0.3) is 0 Å². The summed E-state index contributed by atoms with van der Waals surface area (Å²) in [6.45, 7) is 3.82. The summed E-state index contributed by atoms with van der Waals surface area (Å²) in [5, 5.41) is 9.02. The smallest absolute Gasteiger partial charge is 0.335 e. The van der Waals surface area contributed by atoms with E-state index >= 15 is 0 Å². The van der Waals surface area contributed by atoms with E-state index in [9.17, 15) is 4.79 Å². The van der Waals surface area contributed by atoms with Gasteiger partial charge in [-0.15, -0.1) is 0 Å². The van der Waals surface area contributed by atoms with Crippen LogP contribution >= 0.6 is 0 Å². The summed E-state index contributed by atoms with van der Waals surface area (Å²) in [6, 6.07) is 10.4. The third-order valence-corrected chi connectivity index (χ3v) is 2.97. The van der Waals surface area contributed by atoms with Crippen molar-refractivity contribution < 1.29 is 19.4 Å². The SMILES string of the molecule is COc1cc(C)ccc1Oc1cc(C(=O)O)ccc1C. The van der Waals surface area contributed by atoms with Gasteiger partial charge in [-0.1, -0.05) is 12.1 Å². The first kappa shape index (κ1) is 13.9. The summed E-state index contributed by atoms with van der Waals surface area (Å²) in [4.78, 5) is 11.0. The first-order chi connectivity index (χ1) is 9.51. The van der Waals surface area contributed by atoms with E-state index in [1.807, 2.05) is 26.0 Å². The molecular formula is C16H16O4. The van der Waals surface area contributed by atoms with Crippen LogP contribution in [0.25, 0.3) is 0 Å². The van der Waals surface area contributed by atoms with E-state index in [-0.39, 0.29) is 5.56 Å². The number of carbonyl (C=O) groups is 1. The van der Waals surface area contributed by atoms with Gasteiger partial charge in [0.05, 0.1) is 12.7 Å². The van der Waals surface area contributed by atoms with E-state index in [1.165, 1.54) is 6.07 Å². The molecule has 0 heterocycles. The number of benzene rings is 2. The molecule has 20 heavy (non-hydrogen) atoms. The molecule has 4 nitrogen and oxygen atoms in total. The van der Waals surface area contributed by atoms with Crippen LogP contribution in [0.4, 0.5) is 0 Å². The van der Waals surface area contributed by atoms with Crippen LogP contribution in [0.2, 0.25) is 0 Å². The second-order valence-electron chi connectivity index (χ2n) is 4.54. The first-order valence-electron chi connectivity index (χ1n) is 6.17. The largest absolute Gasteiger partial charge is 0.493 e. The normalized spacial score (nSPS) is 10.2. The Kier molecular flexibility index (Phi) is 3.94. The van der Waals surface area contributed by atoms with Crippen molar-refractivity contribution in [3.05, 3.63) is 53.1 Å². The van der Waals surface area contributed by atoms with E-state index in [2.05, 4.69) is 0 Å². The molecule has 0 aromatic heterocycles. The summed E-state index contributed by atoms with van der Waals surface area (Å²) in [7, 11) is 1.57. The standard InChI is InChI=1S/C16H16O4/c1-10-4-7-13(15(8-10)19-3)20-14-9-12(16(17)18)6-5-11(14)2/h4-9H,1-3H3,(H,17,18). The quantitative estimate of drug-likeness (QED) is 0.919. The van der Waals surface area contributed by atoms with Crippen LogP contribution in [0.1, 0.15) is 21.5 Å². The van der Waals surface area contributed by atoms with E-state index in [0.29, 0.717) is 17.2 Å². The highest BCUT2D eigenvalue weighted by molar-refractivity contribution is 5.88. The Morgan fingerprint density at radius 3 is 2.40 bits per heavy atom. The number of methoxy groups -OCH3 is 1. The second kappa shape index (κ2) is 5.65. The fraction of sp³-hybridized carbons (Fsp3) is 0.188. The molecule has 2 aromatic carbocycles. The Morgan fingerprint density at radius 1 is 1.00 bits per heavy atom. The average Bonchev–Trinajstić information content (AvgIpc) is 2.42. The van der Waals surface area contributed by atoms with Crippen LogP contribution in [-0.2, 0) is 0 Å². The zero-order valence-electron chi connectivity index (χ0n) is 11.6. The lowest BCUT2D eigenvalue weighted by atomic mass is 10.1. The van der Waals surface area contributed by atoms with Crippen LogP contribution in [-0.4, -0.2) is 18.2 Å². The Bertz CT molecular complexity index is 647. The van der Waals surface area contributed by atoms with Gasteiger partial charge in [0.2, 0.25) is 0 Å². The van der Waals surface area contributed by atoms with Crippen molar-refractivity contribution in [2.45, 2.75) is 13.8 Å². The monoisotopic (exact) mass is 272 g/mol. The predicted octanol–water partition coefficient (Wildman–Crippen LogP) is 3.80. The Labute approximate surface area is 117 Å². The first-order valence-corrected chi connectivity index (χ1v) is 6.17. The molecule has 0 amide bonds. The van der Waals surface area contributed by atoms with Crippen molar-refractivity contribution in [1.29, 1.82) is 0 Å². The van der Waals surface area contributed by atoms with Crippen molar-refractivity contribution >= 4 is 5.97 Å². The molecule has 1 N–H and O–H groups in total. The molecule has 0 aliphatic heterocycles. The number of ether oxygens (including phenoxy) is 2. The summed E-state index contributed by atoms with van der Waals surface area (Å²) in [6.07, 6.45) is 0. The number of hydrogen-bond acceptors (Lipinski definition) is 3. The molecule has 2 aromatic rings. The molecule has 0 radical (unpaired) electrons. The molecule has 0 aliphatic rings. The summed E-state index contributed by atoms with van der Waals surface area (Å²) in [5.74, 6) is 0.701. The number of aromatic carboxylic acids is 1. The van der Waals surface area contributed by atoms with Crippen LogP contribution in [0.3, 0.4) is 0 Å². The highest BCUT2D eigenvalue weighted by Gasteiger charge is 2.11. The number of carboxylic acid groups (broad SMARTS) is 1. The van der Waals surface area contributed by atoms with Gasteiger partial charge in [0.15, 0.2) is 11.5 Å². The van der Waals surface area contributed by atoms with Gasteiger partial charge in [-0.25, -0.2) is 4.79 Å². The van der Waals surface area contributed by atoms with Gasteiger partial charge >= 0.3 is 5.97 Å². The zero-order valence-corrected chi connectivity index (χ0v) is 11.6. The molecule has 104 valence electrons. The van der Waals surface area contributed by atoms with E-state index < -0.39 is 5.97 Å². The topological polar surface area (TPSA) is 55.8 Å². The Hall–Kier alpha value is -2.49. The van der Waals surface area contributed by atoms with E-state index in [4.69, 9.17) is 14.6 Å². The molecular weight excluding hydrogens is 256 g/mol. The highest BCUT2D eigenvalue weighted by atomic mass is 16.5. The molecule has 2 rings (SSSR count). The lowest BCUT2D eigenvalue weighted by Crippen LogP contribution is -1.98. The molecule has 0 unspecified atom stereocenters. The van der Waals surface area contributed by atoms with Crippen molar-refractivity contribution in [3.8, 4) is 17.2 Å². The molecule has 0 aliphatic carbocycles. The molecule has 0 atom stereocenters. The maximum absolute atomic E-state index is 11.0. The van der Waals surface area contributed by atoms with Gasteiger partial charge in [-0.05, 0) is 49.2 Å². The molecule has 0 bridgehead atoms. The fourth-order valence-electron chi connectivity index (χ4n) is 1.82. The maximum Gasteiger partial charge on any atom is 0.335 e. The number of rotatable bonds is 4. The van der Waals surface area contributed by atoms with Crippen LogP contribution in [0.15, 0.2) is 36.4 Å². The lowest BCUT2D eigenvalue weighted by molar-refractivity contribution is 0.0696. The lowest BCUT2D eigenvalue weighted by Gasteiger charge is -2.13. The highest BCUT2D eigenvalue weighted by Crippen LogP contribution is 2.34. The minimum Gasteiger partial charge on any atom is -0.493 e. The average molecular weight is 272 g/mol. The van der Waals surface area contributed by atoms with Crippen molar-refractivity contribution in [2.24, 2.45) is 0 Å². The predicted molar refractivity (Wildman–Crippen MR) is 75.9 cm³/mol. The number of hydrogen-bond donors (Lipinski definition) is 1. The van der Waals surface area contributed by atoms with Crippen molar-refractivity contribution in [1.82, 2.24) is 0 Å². The van der Waals surface area contributed by atoms with Crippen LogP contribution in [0.5, 0.6) is 17.2 Å². The molecule has 0 fully saturated rings. The second-order valence-corrected chi connectivity index (χ2v) is 4.54. The minimum absolute atomic E-state index is 0.191. The van der Waals surface area contributed by atoms with E-state index in [1.54, 1.807) is 25.3 Å². The van der Waals surface area contributed by atoms with E-state index in [0.717, 1.165) is 11.1 Å². The summed E-state index contributed by atoms with van der Waals surface area (Å²) >= 11 is 0. The molecule has 4 heteroatoms. The molecule has 0 saturated heterocycles. The summed E-state index contributed by atoms with van der Waals surface area (Å²) in [5.41, 5.74) is 2.11. The van der Waals surface area contributed by atoms with Crippen molar-refractivity contribution in [2.75, 3.05) is 7.11 Å². The Balaban J connectivity index is 2.39. The van der Waals surface area contributed by atoms with Crippen molar-refractivity contribution in [3.63, 3.8) is 0 Å². The van der Waals surface area contributed by atoms with Gasteiger partial charge in [-0.2, -0.15) is 0 Å². The Morgan fingerprint density at radius 2 is 1.75 bits per heavy atom. The molecule has 0 saturated carbocycles. The molecule has 0 spiro atoms. The number of aryl methyl sites for hydroxylation is 2. The fourth-order valence-corrected chi connectivity index (χ4v) is 1.82.